The number of fused-ring (bicyclic) bond motifs is 1. The summed E-state index contributed by atoms with van der Waals surface area (Å²) in [5.74, 6) is -0.439. The zero-order valence-corrected chi connectivity index (χ0v) is 13.0. The van der Waals surface area contributed by atoms with Crippen LogP contribution in [-0.4, -0.2) is 10.9 Å². The van der Waals surface area contributed by atoms with E-state index in [-0.39, 0.29) is 30.2 Å². The number of nitrogens with one attached hydrogen (secondary N) is 2. The van der Waals surface area contributed by atoms with Gasteiger partial charge in [0.15, 0.2) is 0 Å². The van der Waals surface area contributed by atoms with Gasteiger partial charge in [-0.3, -0.25) is 9.59 Å². The van der Waals surface area contributed by atoms with Gasteiger partial charge in [0.05, 0.1) is 0 Å². The van der Waals surface area contributed by atoms with Crippen molar-refractivity contribution < 1.29 is 9.18 Å². The normalized spacial score (nSPS) is 10.7. The molecule has 2 aromatic carbocycles. The van der Waals surface area contributed by atoms with Crippen molar-refractivity contribution in [1.29, 1.82) is 0 Å². The number of pyridine rings is 1. The minimum absolute atomic E-state index is 0.146. The Bertz CT molecular complexity index is 917. The average molecular weight is 324 g/mol. The molecule has 1 amide bonds. The van der Waals surface area contributed by atoms with Gasteiger partial charge in [0.1, 0.15) is 5.82 Å². The number of halogens is 1. The summed E-state index contributed by atoms with van der Waals surface area (Å²) in [4.78, 5) is 26.8. The zero-order valence-electron chi connectivity index (χ0n) is 13.0. The van der Waals surface area contributed by atoms with E-state index in [1.54, 1.807) is 18.2 Å². The predicted molar refractivity (Wildman–Crippen MR) is 91.1 cm³/mol. The Labute approximate surface area is 138 Å². The van der Waals surface area contributed by atoms with E-state index in [9.17, 15) is 14.0 Å². The van der Waals surface area contributed by atoms with E-state index in [1.165, 1.54) is 12.1 Å². The molecule has 0 unspecified atom stereocenters. The maximum atomic E-state index is 12.8. The SMILES string of the molecule is O=C(CCc1ccc(F)cc1)NCc1cc2ccccc2[nH]c1=O. The average Bonchev–Trinajstić information content (AvgIpc) is 2.59. The van der Waals surface area contributed by atoms with Crippen LogP contribution in [0, 0.1) is 5.82 Å². The number of para-hydroxylation sites is 1. The lowest BCUT2D eigenvalue weighted by Crippen LogP contribution is -2.26. The van der Waals surface area contributed by atoms with E-state index in [0.29, 0.717) is 12.0 Å². The number of aromatic amines is 1. The minimum Gasteiger partial charge on any atom is -0.352 e. The van der Waals surface area contributed by atoms with Crippen molar-refractivity contribution in [3.63, 3.8) is 0 Å². The quantitative estimate of drug-likeness (QED) is 0.758. The minimum atomic E-state index is -0.293. The number of hydrogen-bond donors (Lipinski definition) is 2. The summed E-state index contributed by atoms with van der Waals surface area (Å²) in [7, 11) is 0. The lowest BCUT2D eigenvalue weighted by molar-refractivity contribution is -0.121. The Balaban J connectivity index is 1.59. The molecule has 1 aromatic heterocycles. The maximum absolute atomic E-state index is 12.8. The van der Waals surface area contributed by atoms with E-state index >= 15 is 0 Å². The topological polar surface area (TPSA) is 62.0 Å². The van der Waals surface area contributed by atoms with Crippen LogP contribution in [0.25, 0.3) is 10.9 Å². The lowest BCUT2D eigenvalue weighted by Gasteiger charge is -2.06. The molecule has 0 bridgehead atoms. The van der Waals surface area contributed by atoms with Gasteiger partial charge in [-0.25, -0.2) is 4.39 Å². The highest BCUT2D eigenvalue weighted by Gasteiger charge is 2.06. The Morgan fingerprint density at radius 2 is 1.83 bits per heavy atom. The standard InChI is InChI=1S/C19H17FN2O2/c20-16-8-5-13(6-9-16)7-10-18(23)21-12-15-11-14-3-1-2-4-17(14)22-19(15)24/h1-6,8-9,11H,7,10,12H2,(H,21,23)(H,22,24). The Hall–Kier alpha value is -2.95. The van der Waals surface area contributed by atoms with Gasteiger partial charge in [0, 0.05) is 24.0 Å². The maximum Gasteiger partial charge on any atom is 0.253 e. The molecule has 3 rings (SSSR count). The number of benzene rings is 2. The first-order chi connectivity index (χ1) is 11.6. The van der Waals surface area contributed by atoms with Crippen LogP contribution in [0.15, 0.2) is 59.4 Å². The van der Waals surface area contributed by atoms with Crippen molar-refractivity contribution in [2.24, 2.45) is 0 Å². The van der Waals surface area contributed by atoms with Crippen LogP contribution in [0.4, 0.5) is 4.39 Å². The lowest BCUT2D eigenvalue weighted by atomic mass is 10.1. The summed E-state index contributed by atoms with van der Waals surface area (Å²) in [5.41, 5.74) is 1.99. The smallest absolute Gasteiger partial charge is 0.253 e. The van der Waals surface area contributed by atoms with Gasteiger partial charge in [0.2, 0.25) is 5.91 Å². The Kier molecular flexibility index (Phi) is 4.70. The second-order valence-corrected chi connectivity index (χ2v) is 5.61. The molecule has 0 saturated heterocycles. The molecule has 0 fully saturated rings. The molecule has 2 N–H and O–H groups in total. The zero-order chi connectivity index (χ0) is 16.9. The third-order valence-electron chi connectivity index (χ3n) is 3.86. The first-order valence-electron chi connectivity index (χ1n) is 7.74. The summed E-state index contributed by atoms with van der Waals surface area (Å²) < 4.78 is 12.8. The molecule has 122 valence electrons. The van der Waals surface area contributed by atoms with Crippen molar-refractivity contribution in [3.8, 4) is 0 Å². The summed E-state index contributed by atoms with van der Waals surface area (Å²) in [5, 5.41) is 3.68. The van der Waals surface area contributed by atoms with Crippen LogP contribution in [0.2, 0.25) is 0 Å². The van der Waals surface area contributed by atoms with E-state index in [1.807, 2.05) is 24.3 Å². The summed E-state index contributed by atoms with van der Waals surface area (Å²) >= 11 is 0. The molecule has 0 spiro atoms. The summed E-state index contributed by atoms with van der Waals surface area (Å²) in [6, 6.07) is 15.4. The molecule has 0 aliphatic rings. The number of carbonyl (C=O) groups excluding carboxylic acids is 1. The van der Waals surface area contributed by atoms with E-state index < -0.39 is 0 Å². The van der Waals surface area contributed by atoms with Gasteiger partial charge >= 0.3 is 0 Å². The van der Waals surface area contributed by atoms with E-state index in [4.69, 9.17) is 0 Å². The van der Waals surface area contributed by atoms with Crippen LogP contribution < -0.4 is 10.9 Å². The Morgan fingerprint density at radius 3 is 2.62 bits per heavy atom. The van der Waals surface area contributed by atoms with Crippen molar-refractivity contribution in [2.45, 2.75) is 19.4 Å². The predicted octanol–water partition coefficient (Wildman–Crippen LogP) is 2.92. The van der Waals surface area contributed by atoms with Crippen molar-refractivity contribution >= 4 is 16.8 Å². The molecule has 0 aliphatic heterocycles. The number of amides is 1. The van der Waals surface area contributed by atoms with Crippen LogP contribution in [0.3, 0.4) is 0 Å². The van der Waals surface area contributed by atoms with E-state index in [2.05, 4.69) is 10.3 Å². The van der Waals surface area contributed by atoms with Crippen molar-refractivity contribution in [3.05, 3.63) is 81.9 Å². The number of hydrogen-bond acceptors (Lipinski definition) is 2. The Morgan fingerprint density at radius 1 is 1.08 bits per heavy atom. The number of aryl methyl sites for hydroxylation is 1. The molecule has 24 heavy (non-hydrogen) atoms. The fourth-order valence-electron chi connectivity index (χ4n) is 2.52. The number of aromatic nitrogens is 1. The van der Waals surface area contributed by atoms with Crippen LogP contribution in [0.5, 0.6) is 0 Å². The van der Waals surface area contributed by atoms with Crippen molar-refractivity contribution in [2.75, 3.05) is 0 Å². The van der Waals surface area contributed by atoms with Gasteiger partial charge < -0.3 is 10.3 Å². The number of carbonyl (C=O) groups is 1. The van der Waals surface area contributed by atoms with Gasteiger partial charge in [-0.2, -0.15) is 0 Å². The number of rotatable bonds is 5. The largest absolute Gasteiger partial charge is 0.352 e. The summed E-state index contributed by atoms with van der Waals surface area (Å²) in [6.45, 7) is 0.183. The molecule has 0 atom stereocenters. The third-order valence-corrected chi connectivity index (χ3v) is 3.86. The molecular formula is C19H17FN2O2. The highest BCUT2D eigenvalue weighted by Crippen LogP contribution is 2.10. The highest BCUT2D eigenvalue weighted by molar-refractivity contribution is 5.79. The molecule has 0 radical (unpaired) electrons. The fraction of sp³-hybridized carbons (Fsp3) is 0.158. The second-order valence-electron chi connectivity index (χ2n) is 5.61. The van der Waals surface area contributed by atoms with Crippen LogP contribution in [-0.2, 0) is 17.8 Å². The molecule has 5 heteroatoms. The molecule has 1 heterocycles. The third kappa shape index (κ3) is 3.87. The highest BCUT2D eigenvalue weighted by atomic mass is 19.1. The molecule has 0 aliphatic carbocycles. The first-order valence-corrected chi connectivity index (χ1v) is 7.74. The van der Waals surface area contributed by atoms with Gasteiger partial charge in [-0.05, 0) is 41.6 Å². The van der Waals surface area contributed by atoms with Gasteiger partial charge in [-0.1, -0.05) is 30.3 Å². The van der Waals surface area contributed by atoms with Gasteiger partial charge in [-0.15, -0.1) is 0 Å². The van der Waals surface area contributed by atoms with Crippen LogP contribution in [0.1, 0.15) is 17.5 Å². The number of H-pyrrole nitrogens is 1. The fourth-order valence-corrected chi connectivity index (χ4v) is 2.52. The monoisotopic (exact) mass is 324 g/mol. The molecule has 0 saturated carbocycles. The van der Waals surface area contributed by atoms with Crippen LogP contribution >= 0.6 is 0 Å². The van der Waals surface area contributed by atoms with Gasteiger partial charge in [0.25, 0.3) is 5.56 Å². The van der Waals surface area contributed by atoms with E-state index in [0.717, 1.165) is 16.5 Å². The molecule has 3 aromatic rings. The summed E-state index contributed by atoms with van der Waals surface area (Å²) in [6.07, 6.45) is 0.817. The van der Waals surface area contributed by atoms with Crippen molar-refractivity contribution in [1.82, 2.24) is 10.3 Å². The first kappa shape index (κ1) is 15.9. The molecular weight excluding hydrogens is 307 g/mol. The second kappa shape index (κ2) is 7.08. The molecule has 4 nitrogen and oxygen atoms in total.